The van der Waals surface area contributed by atoms with Crippen molar-refractivity contribution in [2.75, 3.05) is 18.5 Å². The first-order valence-corrected chi connectivity index (χ1v) is 7.45. The summed E-state index contributed by atoms with van der Waals surface area (Å²) in [5, 5.41) is 7.18. The second kappa shape index (κ2) is 7.51. The molecule has 0 spiro atoms. The predicted octanol–water partition coefficient (Wildman–Crippen LogP) is 3.17. The van der Waals surface area contributed by atoms with Gasteiger partial charge in [-0.2, -0.15) is 0 Å². The smallest absolute Gasteiger partial charge is 0.0736 e. The SMILES string of the molecule is CCOCc1ccccc1NC(C)CC1CCCN1. The summed E-state index contributed by atoms with van der Waals surface area (Å²) in [7, 11) is 0. The zero-order valence-corrected chi connectivity index (χ0v) is 12.1. The van der Waals surface area contributed by atoms with Gasteiger partial charge in [0.2, 0.25) is 0 Å². The third kappa shape index (κ3) is 4.51. The molecule has 2 atom stereocenters. The van der Waals surface area contributed by atoms with Crippen molar-refractivity contribution in [3.63, 3.8) is 0 Å². The van der Waals surface area contributed by atoms with Crippen LogP contribution in [-0.2, 0) is 11.3 Å². The van der Waals surface area contributed by atoms with Crippen LogP contribution in [0.5, 0.6) is 0 Å². The molecule has 3 nitrogen and oxygen atoms in total. The summed E-state index contributed by atoms with van der Waals surface area (Å²) in [4.78, 5) is 0. The summed E-state index contributed by atoms with van der Waals surface area (Å²) < 4.78 is 5.52. The minimum atomic E-state index is 0.485. The quantitative estimate of drug-likeness (QED) is 0.792. The number of benzene rings is 1. The van der Waals surface area contributed by atoms with E-state index in [1.54, 1.807) is 0 Å². The summed E-state index contributed by atoms with van der Waals surface area (Å²) >= 11 is 0. The Hall–Kier alpha value is -1.06. The third-order valence-corrected chi connectivity index (χ3v) is 3.68. The maximum Gasteiger partial charge on any atom is 0.0736 e. The van der Waals surface area contributed by atoms with E-state index < -0.39 is 0 Å². The van der Waals surface area contributed by atoms with E-state index in [9.17, 15) is 0 Å². The first-order chi connectivity index (χ1) is 9.29. The van der Waals surface area contributed by atoms with Crippen LogP contribution in [-0.4, -0.2) is 25.2 Å². The van der Waals surface area contributed by atoms with Crippen LogP contribution < -0.4 is 10.6 Å². The molecule has 0 radical (unpaired) electrons. The van der Waals surface area contributed by atoms with Crippen LogP contribution in [0.3, 0.4) is 0 Å². The van der Waals surface area contributed by atoms with Crippen LogP contribution in [0.25, 0.3) is 0 Å². The zero-order chi connectivity index (χ0) is 13.5. The molecule has 2 N–H and O–H groups in total. The molecule has 1 aliphatic heterocycles. The fourth-order valence-electron chi connectivity index (χ4n) is 2.71. The Bertz CT molecular complexity index is 375. The van der Waals surface area contributed by atoms with Gasteiger partial charge in [-0.15, -0.1) is 0 Å². The Labute approximate surface area is 116 Å². The molecule has 1 aromatic carbocycles. The summed E-state index contributed by atoms with van der Waals surface area (Å²) in [5.74, 6) is 0. The Morgan fingerprint density at radius 2 is 2.26 bits per heavy atom. The number of hydrogen-bond acceptors (Lipinski definition) is 3. The van der Waals surface area contributed by atoms with Gasteiger partial charge in [0.1, 0.15) is 0 Å². The molecule has 0 aliphatic carbocycles. The molecule has 2 unspecified atom stereocenters. The molecule has 0 amide bonds. The van der Waals surface area contributed by atoms with Crippen LogP contribution in [0, 0.1) is 0 Å². The molecular formula is C16H26N2O. The predicted molar refractivity (Wildman–Crippen MR) is 80.5 cm³/mol. The van der Waals surface area contributed by atoms with E-state index in [1.807, 2.05) is 6.92 Å². The molecule has 1 fully saturated rings. The lowest BCUT2D eigenvalue weighted by molar-refractivity contribution is 0.134. The Morgan fingerprint density at radius 1 is 1.42 bits per heavy atom. The van der Waals surface area contributed by atoms with E-state index in [0.717, 1.165) is 6.61 Å². The maximum atomic E-state index is 5.52. The van der Waals surface area contributed by atoms with Gasteiger partial charge >= 0.3 is 0 Å². The third-order valence-electron chi connectivity index (χ3n) is 3.68. The average molecular weight is 262 g/mol. The molecule has 106 valence electrons. The Kier molecular flexibility index (Phi) is 5.67. The van der Waals surface area contributed by atoms with Gasteiger partial charge < -0.3 is 15.4 Å². The molecular weight excluding hydrogens is 236 g/mol. The first kappa shape index (κ1) is 14.4. The second-order valence-corrected chi connectivity index (χ2v) is 5.37. The van der Waals surface area contributed by atoms with Gasteiger partial charge in [-0.05, 0) is 45.7 Å². The van der Waals surface area contributed by atoms with E-state index in [1.165, 1.54) is 37.1 Å². The van der Waals surface area contributed by atoms with Gasteiger partial charge in [0.15, 0.2) is 0 Å². The minimum Gasteiger partial charge on any atom is -0.382 e. The fourth-order valence-corrected chi connectivity index (χ4v) is 2.71. The van der Waals surface area contributed by atoms with E-state index in [-0.39, 0.29) is 0 Å². The highest BCUT2D eigenvalue weighted by molar-refractivity contribution is 5.51. The maximum absolute atomic E-state index is 5.52. The van der Waals surface area contributed by atoms with Crippen molar-refractivity contribution >= 4 is 5.69 Å². The Morgan fingerprint density at radius 3 is 3.00 bits per heavy atom. The van der Waals surface area contributed by atoms with Crippen molar-refractivity contribution in [3.05, 3.63) is 29.8 Å². The van der Waals surface area contributed by atoms with Crippen molar-refractivity contribution in [1.82, 2.24) is 5.32 Å². The number of rotatable bonds is 7. The first-order valence-electron chi connectivity index (χ1n) is 7.45. The van der Waals surface area contributed by atoms with Crippen molar-refractivity contribution in [1.29, 1.82) is 0 Å². The number of para-hydroxylation sites is 1. The molecule has 2 rings (SSSR count). The average Bonchev–Trinajstić information content (AvgIpc) is 2.90. The molecule has 0 saturated carbocycles. The van der Waals surface area contributed by atoms with Crippen LogP contribution in [0.15, 0.2) is 24.3 Å². The van der Waals surface area contributed by atoms with Gasteiger partial charge in [0.05, 0.1) is 6.61 Å². The van der Waals surface area contributed by atoms with E-state index in [0.29, 0.717) is 18.7 Å². The van der Waals surface area contributed by atoms with Crippen molar-refractivity contribution < 1.29 is 4.74 Å². The zero-order valence-electron chi connectivity index (χ0n) is 12.1. The lowest BCUT2D eigenvalue weighted by Crippen LogP contribution is -2.29. The van der Waals surface area contributed by atoms with Crippen LogP contribution in [0.4, 0.5) is 5.69 Å². The molecule has 1 aliphatic rings. The topological polar surface area (TPSA) is 33.3 Å². The fraction of sp³-hybridized carbons (Fsp3) is 0.625. The minimum absolute atomic E-state index is 0.485. The van der Waals surface area contributed by atoms with Crippen molar-refractivity contribution in [2.45, 2.75) is 51.8 Å². The van der Waals surface area contributed by atoms with Crippen LogP contribution >= 0.6 is 0 Å². The van der Waals surface area contributed by atoms with E-state index in [4.69, 9.17) is 4.74 Å². The molecule has 1 aromatic rings. The van der Waals surface area contributed by atoms with E-state index >= 15 is 0 Å². The number of hydrogen-bond donors (Lipinski definition) is 2. The molecule has 0 bridgehead atoms. The van der Waals surface area contributed by atoms with Gasteiger partial charge in [0, 0.05) is 29.9 Å². The standard InChI is InChI=1S/C16H26N2O/c1-3-19-12-14-7-4-5-9-16(14)18-13(2)11-15-8-6-10-17-15/h4-5,7,9,13,15,17-18H,3,6,8,10-12H2,1-2H3. The normalized spacial score (nSPS) is 20.4. The van der Waals surface area contributed by atoms with E-state index in [2.05, 4.69) is 41.8 Å². The number of nitrogens with one attached hydrogen (secondary N) is 2. The van der Waals surface area contributed by atoms with Crippen LogP contribution in [0.1, 0.15) is 38.7 Å². The summed E-state index contributed by atoms with van der Waals surface area (Å²) in [6.07, 6.45) is 3.81. The number of anilines is 1. The monoisotopic (exact) mass is 262 g/mol. The Balaban J connectivity index is 1.89. The highest BCUT2D eigenvalue weighted by Gasteiger charge is 2.17. The molecule has 3 heteroatoms. The highest BCUT2D eigenvalue weighted by Crippen LogP contribution is 2.19. The summed E-state index contributed by atoms with van der Waals surface area (Å²) in [5.41, 5.74) is 2.46. The molecule has 0 aromatic heterocycles. The lowest BCUT2D eigenvalue weighted by atomic mass is 10.1. The van der Waals surface area contributed by atoms with Gasteiger partial charge in [0.25, 0.3) is 0 Å². The van der Waals surface area contributed by atoms with Crippen molar-refractivity contribution in [2.24, 2.45) is 0 Å². The highest BCUT2D eigenvalue weighted by atomic mass is 16.5. The summed E-state index contributed by atoms with van der Waals surface area (Å²) in [6.45, 7) is 6.92. The van der Waals surface area contributed by atoms with Gasteiger partial charge in [-0.3, -0.25) is 0 Å². The second-order valence-electron chi connectivity index (χ2n) is 5.37. The lowest BCUT2D eigenvalue weighted by Gasteiger charge is -2.21. The van der Waals surface area contributed by atoms with Gasteiger partial charge in [-0.25, -0.2) is 0 Å². The molecule has 1 saturated heterocycles. The van der Waals surface area contributed by atoms with Gasteiger partial charge in [-0.1, -0.05) is 18.2 Å². The largest absolute Gasteiger partial charge is 0.382 e. The van der Waals surface area contributed by atoms with Crippen LogP contribution in [0.2, 0.25) is 0 Å². The molecule has 19 heavy (non-hydrogen) atoms. The van der Waals surface area contributed by atoms with Crippen molar-refractivity contribution in [3.8, 4) is 0 Å². The molecule has 1 heterocycles. The number of ether oxygens (including phenoxy) is 1. The summed E-state index contributed by atoms with van der Waals surface area (Å²) in [6, 6.07) is 9.60.